The van der Waals surface area contributed by atoms with Crippen molar-refractivity contribution in [2.75, 3.05) is 6.54 Å². The zero-order valence-corrected chi connectivity index (χ0v) is 13.3. The molecule has 1 aliphatic carbocycles. The molecule has 0 saturated heterocycles. The molecule has 1 unspecified atom stereocenters. The lowest BCUT2D eigenvalue weighted by atomic mass is 9.76. The third-order valence-corrected chi connectivity index (χ3v) is 4.97. The summed E-state index contributed by atoms with van der Waals surface area (Å²) in [5.74, 6) is 0.843. The van der Waals surface area contributed by atoms with Gasteiger partial charge in [-0.05, 0) is 68.3 Å². The SMILES string of the molecule is CCCNC(c1cc(C)c(Br)cc1C)C1CCC1. The Morgan fingerprint density at radius 1 is 1.28 bits per heavy atom. The molecule has 2 rings (SSSR count). The molecule has 0 amide bonds. The van der Waals surface area contributed by atoms with Gasteiger partial charge in [-0.1, -0.05) is 35.3 Å². The molecule has 0 radical (unpaired) electrons. The standard InChI is InChI=1S/C16H24BrN/c1-4-8-18-16(13-6-5-7-13)14-9-12(3)15(17)10-11(14)2/h9-10,13,16,18H,4-8H2,1-3H3. The third kappa shape index (κ3) is 2.97. The van der Waals surface area contributed by atoms with Gasteiger partial charge in [-0.15, -0.1) is 0 Å². The summed E-state index contributed by atoms with van der Waals surface area (Å²) in [5, 5.41) is 3.76. The van der Waals surface area contributed by atoms with Gasteiger partial charge in [0.2, 0.25) is 0 Å². The van der Waals surface area contributed by atoms with Crippen molar-refractivity contribution in [2.24, 2.45) is 5.92 Å². The molecule has 0 aliphatic heterocycles. The van der Waals surface area contributed by atoms with Gasteiger partial charge in [-0.2, -0.15) is 0 Å². The predicted molar refractivity (Wildman–Crippen MR) is 82.0 cm³/mol. The van der Waals surface area contributed by atoms with E-state index in [1.807, 2.05) is 0 Å². The largest absolute Gasteiger partial charge is 0.310 e. The fourth-order valence-corrected chi connectivity index (χ4v) is 3.20. The van der Waals surface area contributed by atoms with Crippen molar-refractivity contribution >= 4 is 15.9 Å². The molecular formula is C16H24BrN. The summed E-state index contributed by atoms with van der Waals surface area (Å²) < 4.78 is 1.23. The van der Waals surface area contributed by atoms with E-state index in [0.29, 0.717) is 6.04 Å². The second kappa shape index (κ2) is 6.21. The van der Waals surface area contributed by atoms with E-state index in [4.69, 9.17) is 0 Å². The highest BCUT2D eigenvalue weighted by Crippen LogP contribution is 2.39. The van der Waals surface area contributed by atoms with Crippen LogP contribution in [0.5, 0.6) is 0 Å². The highest BCUT2D eigenvalue weighted by Gasteiger charge is 2.29. The summed E-state index contributed by atoms with van der Waals surface area (Å²) in [5.41, 5.74) is 4.26. The molecule has 0 heterocycles. The first-order valence-corrected chi connectivity index (χ1v) is 7.92. The summed E-state index contributed by atoms with van der Waals surface area (Å²) >= 11 is 3.63. The fraction of sp³-hybridized carbons (Fsp3) is 0.625. The number of hydrogen-bond donors (Lipinski definition) is 1. The summed E-state index contributed by atoms with van der Waals surface area (Å²) in [6, 6.07) is 5.19. The van der Waals surface area contributed by atoms with Crippen LogP contribution in [0.1, 0.15) is 55.3 Å². The van der Waals surface area contributed by atoms with Crippen molar-refractivity contribution in [3.8, 4) is 0 Å². The molecule has 0 aromatic heterocycles. The molecule has 0 spiro atoms. The van der Waals surface area contributed by atoms with E-state index < -0.39 is 0 Å². The first-order valence-electron chi connectivity index (χ1n) is 7.13. The zero-order chi connectivity index (χ0) is 13.1. The Morgan fingerprint density at radius 3 is 2.56 bits per heavy atom. The Labute approximate surface area is 119 Å². The molecule has 1 saturated carbocycles. The van der Waals surface area contributed by atoms with Crippen LogP contribution < -0.4 is 5.32 Å². The molecule has 2 heteroatoms. The van der Waals surface area contributed by atoms with Crippen LogP contribution in [-0.2, 0) is 0 Å². The second-order valence-electron chi connectivity index (χ2n) is 5.58. The van der Waals surface area contributed by atoms with Crippen LogP contribution in [0, 0.1) is 19.8 Å². The third-order valence-electron chi connectivity index (χ3n) is 4.12. The Bertz CT molecular complexity index is 410. The van der Waals surface area contributed by atoms with E-state index in [9.17, 15) is 0 Å². The van der Waals surface area contributed by atoms with Crippen molar-refractivity contribution < 1.29 is 0 Å². The monoisotopic (exact) mass is 309 g/mol. The minimum Gasteiger partial charge on any atom is -0.310 e. The van der Waals surface area contributed by atoms with Crippen LogP contribution in [0.2, 0.25) is 0 Å². The fourth-order valence-electron chi connectivity index (χ4n) is 2.74. The van der Waals surface area contributed by atoms with Crippen molar-refractivity contribution in [1.82, 2.24) is 5.32 Å². The number of rotatable bonds is 5. The lowest BCUT2D eigenvalue weighted by Crippen LogP contribution is -2.33. The second-order valence-corrected chi connectivity index (χ2v) is 6.44. The Hall–Kier alpha value is -0.340. The zero-order valence-electron chi connectivity index (χ0n) is 11.7. The molecule has 100 valence electrons. The maximum atomic E-state index is 3.76. The van der Waals surface area contributed by atoms with E-state index in [0.717, 1.165) is 12.5 Å². The van der Waals surface area contributed by atoms with E-state index in [2.05, 4.69) is 54.2 Å². The van der Waals surface area contributed by atoms with Crippen molar-refractivity contribution in [3.05, 3.63) is 33.3 Å². The van der Waals surface area contributed by atoms with Gasteiger partial charge in [0, 0.05) is 10.5 Å². The van der Waals surface area contributed by atoms with Gasteiger partial charge < -0.3 is 5.32 Å². The molecule has 1 nitrogen and oxygen atoms in total. The van der Waals surface area contributed by atoms with E-state index in [1.165, 1.54) is 46.8 Å². The molecular weight excluding hydrogens is 286 g/mol. The van der Waals surface area contributed by atoms with Gasteiger partial charge in [0.1, 0.15) is 0 Å². The van der Waals surface area contributed by atoms with Gasteiger partial charge in [0.15, 0.2) is 0 Å². The number of halogens is 1. The minimum absolute atomic E-state index is 0.561. The maximum absolute atomic E-state index is 3.76. The van der Waals surface area contributed by atoms with Gasteiger partial charge in [-0.3, -0.25) is 0 Å². The molecule has 1 fully saturated rings. The van der Waals surface area contributed by atoms with Crippen LogP contribution in [0.4, 0.5) is 0 Å². The van der Waals surface area contributed by atoms with Gasteiger partial charge in [-0.25, -0.2) is 0 Å². The highest BCUT2D eigenvalue weighted by atomic mass is 79.9. The van der Waals surface area contributed by atoms with E-state index in [1.54, 1.807) is 0 Å². The quantitative estimate of drug-likeness (QED) is 0.815. The average Bonchev–Trinajstić information content (AvgIpc) is 2.27. The predicted octanol–water partition coefficient (Wildman–Crippen LogP) is 4.91. The van der Waals surface area contributed by atoms with Crippen LogP contribution in [0.25, 0.3) is 0 Å². The van der Waals surface area contributed by atoms with Crippen LogP contribution in [0.15, 0.2) is 16.6 Å². The van der Waals surface area contributed by atoms with Crippen LogP contribution in [0.3, 0.4) is 0 Å². The Morgan fingerprint density at radius 2 is 2.00 bits per heavy atom. The molecule has 1 aliphatic rings. The van der Waals surface area contributed by atoms with E-state index in [-0.39, 0.29) is 0 Å². The number of nitrogens with one attached hydrogen (secondary N) is 1. The van der Waals surface area contributed by atoms with Crippen molar-refractivity contribution in [1.29, 1.82) is 0 Å². The normalized spacial score (nSPS) is 17.6. The van der Waals surface area contributed by atoms with E-state index >= 15 is 0 Å². The number of benzene rings is 1. The lowest BCUT2D eigenvalue weighted by Gasteiger charge is -2.36. The molecule has 1 aromatic rings. The minimum atomic E-state index is 0.561. The summed E-state index contributed by atoms with van der Waals surface area (Å²) in [7, 11) is 0. The number of hydrogen-bond acceptors (Lipinski definition) is 1. The first kappa shape index (κ1) is 14.1. The molecule has 1 aromatic carbocycles. The highest BCUT2D eigenvalue weighted by molar-refractivity contribution is 9.10. The maximum Gasteiger partial charge on any atom is 0.0351 e. The lowest BCUT2D eigenvalue weighted by molar-refractivity contribution is 0.230. The topological polar surface area (TPSA) is 12.0 Å². The molecule has 1 atom stereocenters. The van der Waals surface area contributed by atoms with Crippen molar-refractivity contribution in [3.63, 3.8) is 0 Å². The summed E-state index contributed by atoms with van der Waals surface area (Å²) in [6.45, 7) is 7.78. The van der Waals surface area contributed by atoms with Gasteiger partial charge >= 0.3 is 0 Å². The smallest absolute Gasteiger partial charge is 0.0351 e. The summed E-state index contributed by atoms with van der Waals surface area (Å²) in [6.07, 6.45) is 5.38. The number of aryl methyl sites for hydroxylation is 2. The molecule has 1 N–H and O–H groups in total. The van der Waals surface area contributed by atoms with Crippen LogP contribution in [-0.4, -0.2) is 6.54 Å². The average molecular weight is 310 g/mol. The van der Waals surface area contributed by atoms with Gasteiger partial charge in [0.25, 0.3) is 0 Å². The Kier molecular flexibility index (Phi) is 4.85. The molecule has 0 bridgehead atoms. The van der Waals surface area contributed by atoms with Gasteiger partial charge in [0.05, 0.1) is 0 Å². The summed E-state index contributed by atoms with van der Waals surface area (Å²) in [4.78, 5) is 0. The first-order chi connectivity index (χ1) is 8.63. The molecule has 18 heavy (non-hydrogen) atoms. The Balaban J connectivity index is 2.25. The van der Waals surface area contributed by atoms with Crippen LogP contribution >= 0.6 is 15.9 Å². The van der Waals surface area contributed by atoms with Crippen molar-refractivity contribution in [2.45, 2.75) is 52.5 Å².